The number of hydrogen-bond acceptors (Lipinski definition) is 3. The molecule has 0 bridgehead atoms. The maximum absolute atomic E-state index is 13.4. The molecule has 1 aromatic rings. The van der Waals surface area contributed by atoms with Crippen molar-refractivity contribution in [1.29, 1.82) is 0 Å². The fraction of sp³-hybridized carbons (Fsp3) is 0.667. The molecule has 1 saturated carbocycles. The van der Waals surface area contributed by atoms with Gasteiger partial charge in [0, 0.05) is 34.9 Å². The maximum atomic E-state index is 13.4. The summed E-state index contributed by atoms with van der Waals surface area (Å²) < 4.78 is 13.4. The first-order valence-corrected chi connectivity index (χ1v) is 7.97. The number of rotatable bonds is 2. The number of carbonyl (C=O) groups excluding carboxylic acids is 1. The van der Waals surface area contributed by atoms with Gasteiger partial charge in [-0.05, 0) is 57.3 Å². The van der Waals surface area contributed by atoms with Gasteiger partial charge in [0.15, 0.2) is 5.13 Å². The zero-order valence-corrected chi connectivity index (χ0v) is 14.3. The number of hydrogen-bond donors (Lipinski definition) is 1. The van der Waals surface area contributed by atoms with Crippen LogP contribution in [-0.4, -0.2) is 31.4 Å². The van der Waals surface area contributed by atoms with E-state index in [4.69, 9.17) is 0 Å². The van der Waals surface area contributed by atoms with Gasteiger partial charge in [-0.25, -0.2) is 0 Å². The second kappa shape index (κ2) is 5.99. The smallest absolute Gasteiger partial charge is 0.220 e. The predicted octanol–water partition coefficient (Wildman–Crippen LogP) is 2.72. The van der Waals surface area contributed by atoms with Gasteiger partial charge in [-0.3, -0.25) is 9.69 Å². The summed E-state index contributed by atoms with van der Waals surface area (Å²) in [5.74, 6) is 0.185. The van der Waals surface area contributed by atoms with Crippen LogP contribution in [0.15, 0.2) is 12.1 Å². The third-order valence-corrected chi connectivity index (χ3v) is 6.29. The summed E-state index contributed by atoms with van der Waals surface area (Å²) in [6.07, 6.45) is 4.71. The normalized spacial score (nSPS) is 32.3. The van der Waals surface area contributed by atoms with Crippen molar-refractivity contribution < 1.29 is 26.3 Å². The van der Waals surface area contributed by atoms with E-state index in [9.17, 15) is 9.18 Å². The van der Waals surface area contributed by atoms with Crippen molar-refractivity contribution in [3.8, 4) is 0 Å². The summed E-state index contributed by atoms with van der Waals surface area (Å²) in [6.45, 7) is 0.814. The van der Waals surface area contributed by atoms with Crippen molar-refractivity contribution in [3.63, 3.8) is 0 Å². The van der Waals surface area contributed by atoms with E-state index in [1.165, 1.54) is 11.3 Å². The Balaban J connectivity index is 0.00000161. The largest absolute Gasteiger partial charge is 0.356 e. The zero-order valence-electron chi connectivity index (χ0n) is 12.4. The van der Waals surface area contributed by atoms with Crippen molar-refractivity contribution in [1.82, 2.24) is 10.2 Å². The van der Waals surface area contributed by atoms with Gasteiger partial charge in [0.1, 0.15) is 0 Å². The van der Waals surface area contributed by atoms with Crippen LogP contribution < -0.4 is 5.32 Å². The Labute approximate surface area is 139 Å². The minimum Gasteiger partial charge on any atom is -0.356 e. The Bertz CT molecular complexity index is 523. The number of carbonyl (C=O) groups is 1. The minimum atomic E-state index is -0.112. The van der Waals surface area contributed by atoms with Crippen LogP contribution in [0, 0.1) is 10.5 Å². The van der Waals surface area contributed by atoms with Gasteiger partial charge < -0.3 is 5.32 Å². The molecule has 21 heavy (non-hydrogen) atoms. The van der Waals surface area contributed by atoms with Crippen LogP contribution in [0.1, 0.15) is 37.0 Å². The van der Waals surface area contributed by atoms with Crippen LogP contribution in [0.2, 0.25) is 0 Å². The van der Waals surface area contributed by atoms with E-state index in [-0.39, 0.29) is 39.1 Å². The topological polar surface area (TPSA) is 32.3 Å². The van der Waals surface area contributed by atoms with Crippen LogP contribution >= 0.6 is 11.3 Å². The van der Waals surface area contributed by atoms with E-state index >= 15 is 0 Å². The molecule has 3 nitrogen and oxygen atoms in total. The Morgan fingerprint density at radius 3 is 2.33 bits per heavy atom. The molecule has 118 valence electrons. The van der Waals surface area contributed by atoms with Gasteiger partial charge >= 0.3 is 0 Å². The first kappa shape index (κ1) is 16.9. The summed E-state index contributed by atoms with van der Waals surface area (Å²) >= 11 is 1.26. The molecular formula is C15H21FFeN2OS. The van der Waals surface area contributed by atoms with E-state index in [2.05, 4.69) is 24.3 Å². The standard InChI is InChI=1S/C15H21FN2OS.Fe/c1-18(2)15(11-3-4-12(16)20-11)7-5-14(6-8-15)9-13(19)17-10-14;/h3-4H,5-10H2,1-2H3,(H,17,19);. The van der Waals surface area contributed by atoms with Gasteiger partial charge in [0.2, 0.25) is 5.91 Å². The van der Waals surface area contributed by atoms with Crippen LogP contribution in [-0.2, 0) is 27.4 Å². The monoisotopic (exact) mass is 352 g/mol. The van der Waals surface area contributed by atoms with Gasteiger partial charge in [-0.2, -0.15) is 4.39 Å². The Morgan fingerprint density at radius 1 is 1.24 bits per heavy atom. The Morgan fingerprint density at radius 2 is 1.90 bits per heavy atom. The van der Waals surface area contributed by atoms with E-state index in [1.54, 1.807) is 6.07 Å². The molecule has 1 aliphatic carbocycles. The Kier molecular flexibility index (Phi) is 4.84. The predicted molar refractivity (Wildman–Crippen MR) is 78.2 cm³/mol. The van der Waals surface area contributed by atoms with Crippen molar-refractivity contribution in [3.05, 3.63) is 22.1 Å². The molecule has 1 aliphatic heterocycles. The quantitative estimate of drug-likeness (QED) is 0.831. The molecule has 1 aromatic heterocycles. The zero-order chi connectivity index (χ0) is 14.4. The van der Waals surface area contributed by atoms with Gasteiger partial charge in [0.05, 0.1) is 5.54 Å². The molecule has 6 heteroatoms. The molecular weight excluding hydrogens is 331 g/mol. The third kappa shape index (κ3) is 2.91. The first-order chi connectivity index (χ1) is 9.46. The fourth-order valence-corrected chi connectivity index (χ4v) is 4.84. The number of thiophene rings is 1. The van der Waals surface area contributed by atoms with Crippen LogP contribution in [0.4, 0.5) is 4.39 Å². The average Bonchev–Trinajstić information content (AvgIpc) is 2.98. The summed E-state index contributed by atoms with van der Waals surface area (Å²) in [7, 11) is 4.15. The van der Waals surface area contributed by atoms with Crippen molar-refractivity contribution in [2.45, 2.75) is 37.6 Å². The molecule has 1 amide bonds. The second-order valence-corrected chi connectivity index (χ2v) is 7.52. The molecule has 2 fully saturated rings. The van der Waals surface area contributed by atoms with E-state index in [0.29, 0.717) is 6.42 Å². The Hall–Kier alpha value is -0.421. The third-order valence-electron chi connectivity index (χ3n) is 5.22. The SMILES string of the molecule is CN(C)C1(c2ccc(F)s2)CCC2(CC1)CNC(=O)C2.[Fe]. The summed E-state index contributed by atoms with van der Waals surface area (Å²) in [6, 6.07) is 3.49. The number of nitrogens with one attached hydrogen (secondary N) is 1. The number of halogens is 1. The van der Waals surface area contributed by atoms with Crippen molar-refractivity contribution in [2.24, 2.45) is 5.41 Å². The van der Waals surface area contributed by atoms with Crippen molar-refractivity contribution >= 4 is 17.2 Å². The summed E-state index contributed by atoms with van der Waals surface area (Å²) in [4.78, 5) is 14.9. The van der Waals surface area contributed by atoms with Gasteiger partial charge in [-0.1, -0.05) is 0 Å². The van der Waals surface area contributed by atoms with E-state index < -0.39 is 0 Å². The maximum Gasteiger partial charge on any atom is 0.220 e. The fourth-order valence-electron chi connectivity index (χ4n) is 3.78. The van der Waals surface area contributed by atoms with E-state index in [0.717, 1.165) is 37.1 Å². The molecule has 1 saturated heterocycles. The van der Waals surface area contributed by atoms with Gasteiger partial charge in [0.25, 0.3) is 0 Å². The first-order valence-electron chi connectivity index (χ1n) is 7.16. The van der Waals surface area contributed by atoms with Crippen LogP contribution in [0.3, 0.4) is 0 Å². The second-order valence-electron chi connectivity index (χ2n) is 6.48. The molecule has 1 N–H and O–H groups in total. The summed E-state index contributed by atoms with van der Waals surface area (Å²) in [5.41, 5.74) is 0.0816. The molecule has 0 atom stereocenters. The molecule has 0 unspecified atom stereocenters. The van der Waals surface area contributed by atoms with Crippen LogP contribution in [0.25, 0.3) is 0 Å². The van der Waals surface area contributed by atoms with Crippen molar-refractivity contribution in [2.75, 3.05) is 20.6 Å². The summed E-state index contributed by atoms with van der Waals surface area (Å²) in [5, 5.41) is 2.86. The average molecular weight is 352 g/mol. The molecule has 0 aromatic carbocycles. The van der Waals surface area contributed by atoms with E-state index in [1.807, 2.05) is 6.07 Å². The number of amides is 1. The molecule has 2 heterocycles. The number of nitrogens with zero attached hydrogens (tertiary/aromatic N) is 1. The van der Waals surface area contributed by atoms with Crippen LogP contribution in [0.5, 0.6) is 0 Å². The molecule has 1 spiro atoms. The molecule has 2 aliphatic rings. The minimum absolute atomic E-state index is 0. The molecule has 3 rings (SSSR count). The van der Waals surface area contributed by atoms with Gasteiger partial charge in [-0.15, -0.1) is 11.3 Å². The molecule has 0 radical (unpaired) electrons.